The van der Waals surface area contributed by atoms with Crippen LogP contribution in [0.5, 0.6) is 0 Å². The fourth-order valence-corrected chi connectivity index (χ4v) is 5.53. The van der Waals surface area contributed by atoms with Crippen molar-refractivity contribution >= 4 is 0 Å². The first kappa shape index (κ1) is 23.7. The van der Waals surface area contributed by atoms with Gasteiger partial charge in [-0.3, -0.25) is 9.80 Å². The van der Waals surface area contributed by atoms with Gasteiger partial charge in [0.1, 0.15) is 0 Å². The van der Waals surface area contributed by atoms with Crippen LogP contribution in [0.1, 0.15) is 87.3 Å². The van der Waals surface area contributed by atoms with Crippen LogP contribution in [-0.4, -0.2) is 22.9 Å². The molecule has 174 valence electrons. The minimum Gasteiger partial charge on any atom is -0.275 e. The molecule has 0 bridgehead atoms. The summed E-state index contributed by atoms with van der Waals surface area (Å²) < 4.78 is 0. The van der Waals surface area contributed by atoms with E-state index in [1.165, 1.54) is 55.2 Å². The molecule has 0 spiro atoms. The summed E-state index contributed by atoms with van der Waals surface area (Å²) in [4.78, 5) is 5.62. The summed E-state index contributed by atoms with van der Waals surface area (Å²) in [5, 5.41) is 0. The highest BCUT2D eigenvalue weighted by Crippen LogP contribution is 2.52. The minimum atomic E-state index is 0.301. The molecular formula is C31H40N2. The number of benzene rings is 3. The van der Waals surface area contributed by atoms with E-state index in [1.54, 1.807) is 0 Å². The van der Waals surface area contributed by atoms with E-state index >= 15 is 0 Å². The molecule has 4 rings (SSSR count). The van der Waals surface area contributed by atoms with Crippen molar-refractivity contribution in [2.24, 2.45) is 0 Å². The lowest BCUT2D eigenvalue weighted by atomic mass is 9.93. The Morgan fingerprint density at radius 1 is 0.485 bits per heavy atom. The summed E-state index contributed by atoms with van der Waals surface area (Å²) in [5.41, 5.74) is 4.29. The highest BCUT2D eigenvalue weighted by molar-refractivity contribution is 5.33. The predicted molar refractivity (Wildman–Crippen MR) is 140 cm³/mol. The van der Waals surface area contributed by atoms with Gasteiger partial charge in [0.25, 0.3) is 0 Å². The van der Waals surface area contributed by atoms with Crippen molar-refractivity contribution in [2.75, 3.05) is 13.1 Å². The van der Waals surface area contributed by atoms with Crippen LogP contribution in [0.3, 0.4) is 0 Å². The topological polar surface area (TPSA) is 6.48 Å². The molecule has 1 aliphatic rings. The lowest BCUT2D eigenvalue weighted by Crippen LogP contribution is -2.33. The van der Waals surface area contributed by atoms with Crippen molar-refractivity contribution in [3.05, 3.63) is 108 Å². The van der Waals surface area contributed by atoms with Gasteiger partial charge >= 0.3 is 0 Å². The SMILES string of the molecule is CCCCCN1C(c2ccccc2)N(CCCCC)[C@H](c2ccccc2)[C@H]1c1ccccc1. The zero-order valence-corrected chi connectivity index (χ0v) is 20.4. The van der Waals surface area contributed by atoms with Crippen molar-refractivity contribution < 1.29 is 0 Å². The van der Waals surface area contributed by atoms with Crippen LogP contribution in [0.25, 0.3) is 0 Å². The van der Waals surface area contributed by atoms with Crippen LogP contribution in [0.2, 0.25) is 0 Å². The maximum absolute atomic E-state index is 2.81. The second-order valence-corrected chi connectivity index (χ2v) is 9.39. The Labute approximate surface area is 201 Å². The van der Waals surface area contributed by atoms with Crippen molar-refractivity contribution in [2.45, 2.75) is 70.6 Å². The maximum atomic E-state index is 2.81. The van der Waals surface area contributed by atoms with E-state index in [0.717, 1.165) is 13.1 Å². The molecule has 0 radical (unpaired) electrons. The summed E-state index contributed by atoms with van der Waals surface area (Å²) >= 11 is 0. The fraction of sp³-hybridized carbons (Fsp3) is 0.419. The summed E-state index contributed by atoms with van der Waals surface area (Å²) in [6, 6.07) is 34.4. The van der Waals surface area contributed by atoms with Crippen LogP contribution >= 0.6 is 0 Å². The first-order valence-corrected chi connectivity index (χ1v) is 13.0. The van der Waals surface area contributed by atoms with Crippen LogP contribution in [-0.2, 0) is 0 Å². The number of nitrogens with zero attached hydrogens (tertiary/aromatic N) is 2. The molecule has 2 heteroatoms. The van der Waals surface area contributed by atoms with Gasteiger partial charge in [-0.15, -0.1) is 0 Å². The molecule has 0 aromatic heterocycles. The van der Waals surface area contributed by atoms with Crippen molar-refractivity contribution in [3.63, 3.8) is 0 Å². The van der Waals surface area contributed by atoms with Gasteiger partial charge in [0, 0.05) is 13.1 Å². The van der Waals surface area contributed by atoms with Crippen molar-refractivity contribution in [1.82, 2.24) is 9.80 Å². The van der Waals surface area contributed by atoms with E-state index in [1.807, 2.05) is 0 Å². The van der Waals surface area contributed by atoms with Gasteiger partial charge in [0.05, 0.1) is 18.2 Å². The molecule has 2 nitrogen and oxygen atoms in total. The average molecular weight is 441 g/mol. The zero-order valence-electron chi connectivity index (χ0n) is 20.4. The second kappa shape index (κ2) is 12.2. The molecule has 0 aliphatic carbocycles. The third-order valence-electron chi connectivity index (χ3n) is 7.06. The Morgan fingerprint density at radius 3 is 1.21 bits per heavy atom. The standard InChI is InChI=1S/C31H40N2/c1-3-5-16-24-32-29(26-18-10-7-11-19-26)30(27-20-12-8-13-21-27)33(25-17-6-4-2)31(32)28-22-14-9-15-23-28/h7-15,18-23,29-31H,3-6,16-17,24-25H2,1-2H3/t29-,30-/m1/s1. The molecule has 2 atom stereocenters. The molecule has 1 aliphatic heterocycles. The van der Waals surface area contributed by atoms with Crippen LogP contribution in [0.15, 0.2) is 91.0 Å². The Balaban J connectivity index is 1.83. The quantitative estimate of drug-likeness (QED) is 0.277. The lowest BCUT2D eigenvalue weighted by molar-refractivity contribution is 0.110. The third kappa shape index (κ3) is 5.57. The van der Waals surface area contributed by atoms with Gasteiger partial charge < -0.3 is 0 Å². The Hall–Kier alpha value is -2.42. The molecule has 3 aromatic carbocycles. The number of unbranched alkanes of at least 4 members (excludes halogenated alkanes) is 4. The van der Waals surface area contributed by atoms with Crippen LogP contribution < -0.4 is 0 Å². The minimum absolute atomic E-state index is 0.301. The van der Waals surface area contributed by atoms with E-state index in [0.29, 0.717) is 18.2 Å². The summed E-state index contributed by atoms with van der Waals surface area (Å²) in [6.07, 6.45) is 7.86. The van der Waals surface area contributed by atoms with E-state index in [4.69, 9.17) is 0 Å². The maximum Gasteiger partial charge on any atom is 0.0897 e. The highest BCUT2D eigenvalue weighted by atomic mass is 15.5. The van der Waals surface area contributed by atoms with Gasteiger partial charge in [-0.25, -0.2) is 0 Å². The fourth-order valence-electron chi connectivity index (χ4n) is 5.53. The molecule has 0 N–H and O–H groups in total. The lowest BCUT2D eigenvalue weighted by Gasteiger charge is -2.33. The first-order chi connectivity index (χ1) is 16.3. The largest absolute Gasteiger partial charge is 0.275 e. The van der Waals surface area contributed by atoms with Gasteiger partial charge in [-0.05, 0) is 29.5 Å². The molecular weight excluding hydrogens is 400 g/mol. The molecule has 1 saturated heterocycles. The smallest absolute Gasteiger partial charge is 0.0897 e. The highest BCUT2D eigenvalue weighted by Gasteiger charge is 2.48. The van der Waals surface area contributed by atoms with Gasteiger partial charge in [-0.2, -0.15) is 0 Å². The predicted octanol–water partition coefficient (Wildman–Crippen LogP) is 8.17. The average Bonchev–Trinajstić information content (AvgIpc) is 3.20. The molecule has 0 amide bonds. The Morgan fingerprint density at radius 2 is 0.848 bits per heavy atom. The Bertz CT molecular complexity index is 865. The van der Waals surface area contributed by atoms with Gasteiger partial charge in [-0.1, -0.05) is 131 Å². The first-order valence-electron chi connectivity index (χ1n) is 13.0. The normalized spacial score (nSPS) is 19.8. The van der Waals surface area contributed by atoms with Crippen LogP contribution in [0, 0.1) is 0 Å². The molecule has 1 fully saturated rings. The van der Waals surface area contributed by atoms with E-state index < -0.39 is 0 Å². The number of hydrogen-bond acceptors (Lipinski definition) is 2. The number of hydrogen-bond donors (Lipinski definition) is 0. The monoisotopic (exact) mass is 440 g/mol. The third-order valence-corrected chi connectivity index (χ3v) is 7.06. The number of rotatable bonds is 11. The molecule has 33 heavy (non-hydrogen) atoms. The summed E-state index contributed by atoms with van der Waals surface area (Å²) in [5.74, 6) is 0. The molecule has 3 aromatic rings. The van der Waals surface area contributed by atoms with Gasteiger partial charge in [0.15, 0.2) is 0 Å². The van der Waals surface area contributed by atoms with Crippen LogP contribution in [0.4, 0.5) is 0 Å². The molecule has 1 heterocycles. The summed E-state index contributed by atoms with van der Waals surface area (Å²) in [7, 11) is 0. The second-order valence-electron chi connectivity index (χ2n) is 9.39. The van der Waals surface area contributed by atoms with Crippen molar-refractivity contribution in [3.8, 4) is 0 Å². The Kier molecular flexibility index (Phi) is 8.74. The summed E-state index contributed by atoms with van der Waals surface area (Å²) in [6.45, 7) is 6.86. The van der Waals surface area contributed by atoms with Gasteiger partial charge in [0.2, 0.25) is 0 Å². The van der Waals surface area contributed by atoms with E-state index in [-0.39, 0.29) is 0 Å². The van der Waals surface area contributed by atoms with Crippen molar-refractivity contribution in [1.29, 1.82) is 0 Å². The molecule has 0 saturated carbocycles. The van der Waals surface area contributed by atoms with E-state index in [9.17, 15) is 0 Å². The zero-order chi connectivity index (χ0) is 22.9. The molecule has 0 unspecified atom stereocenters. The van der Waals surface area contributed by atoms with E-state index in [2.05, 4.69) is 115 Å².